The lowest BCUT2D eigenvalue weighted by Gasteiger charge is -2.35. The maximum Gasteiger partial charge on any atom is 0.170 e. The molecule has 0 aromatic heterocycles. The standard InChI is InChI=1S/C16H22O2/c1-10-7-11-13(17)9-16(5,6)18-14(11)12(8-10)15(2,3)4/h7-8H,9H2,1-6H3. The lowest BCUT2D eigenvalue weighted by molar-refractivity contribution is 0.0608. The second-order valence-electron chi connectivity index (χ2n) is 6.90. The van der Waals surface area contributed by atoms with E-state index in [0.29, 0.717) is 6.42 Å². The summed E-state index contributed by atoms with van der Waals surface area (Å²) in [6.07, 6.45) is 0.451. The van der Waals surface area contributed by atoms with Crippen LogP contribution in [0.25, 0.3) is 0 Å². The molecule has 0 fully saturated rings. The first-order valence-corrected chi connectivity index (χ1v) is 6.47. The van der Waals surface area contributed by atoms with E-state index in [1.165, 1.54) is 0 Å². The van der Waals surface area contributed by atoms with Gasteiger partial charge in [-0.3, -0.25) is 4.79 Å². The quantitative estimate of drug-likeness (QED) is 0.690. The van der Waals surface area contributed by atoms with Crippen LogP contribution in [0.2, 0.25) is 0 Å². The molecule has 2 heteroatoms. The maximum atomic E-state index is 12.3. The van der Waals surface area contributed by atoms with Crippen LogP contribution in [0.1, 0.15) is 62.5 Å². The fraction of sp³-hybridized carbons (Fsp3) is 0.562. The topological polar surface area (TPSA) is 26.3 Å². The minimum atomic E-state index is -0.403. The van der Waals surface area contributed by atoms with Gasteiger partial charge in [0.25, 0.3) is 0 Å². The van der Waals surface area contributed by atoms with Crippen LogP contribution in [0.15, 0.2) is 12.1 Å². The molecule has 0 spiro atoms. The molecule has 0 unspecified atom stereocenters. The Morgan fingerprint density at radius 1 is 1.22 bits per heavy atom. The van der Waals surface area contributed by atoms with E-state index < -0.39 is 5.60 Å². The summed E-state index contributed by atoms with van der Waals surface area (Å²) in [6, 6.07) is 4.08. The van der Waals surface area contributed by atoms with Crippen molar-refractivity contribution in [2.75, 3.05) is 0 Å². The van der Waals surface area contributed by atoms with E-state index in [-0.39, 0.29) is 11.2 Å². The number of ether oxygens (including phenoxy) is 1. The highest BCUT2D eigenvalue weighted by molar-refractivity contribution is 6.01. The molecule has 0 aliphatic carbocycles. The number of rotatable bonds is 0. The second kappa shape index (κ2) is 3.84. The molecule has 1 aromatic rings. The molecule has 0 saturated carbocycles. The molecule has 18 heavy (non-hydrogen) atoms. The van der Waals surface area contributed by atoms with Gasteiger partial charge < -0.3 is 4.74 Å². The minimum absolute atomic E-state index is 0.0240. The highest BCUT2D eigenvalue weighted by atomic mass is 16.5. The fourth-order valence-corrected chi connectivity index (χ4v) is 2.44. The predicted octanol–water partition coefficient (Wildman–Crippen LogP) is 4.04. The second-order valence-corrected chi connectivity index (χ2v) is 6.90. The van der Waals surface area contributed by atoms with Gasteiger partial charge >= 0.3 is 0 Å². The van der Waals surface area contributed by atoms with Gasteiger partial charge in [-0.05, 0) is 37.8 Å². The van der Waals surface area contributed by atoms with Gasteiger partial charge in [-0.1, -0.05) is 26.8 Å². The molecule has 2 nitrogen and oxygen atoms in total. The summed E-state index contributed by atoms with van der Waals surface area (Å²) in [6.45, 7) is 12.4. The number of carbonyl (C=O) groups excluding carboxylic acids is 1. The van der Waals surface area contributed by atoms with Crippen LogP contribution in [0.3, 0.4) is 0 Å². The van der Waals surface area contributed by atoms with Crippen molar-refractivity contribution in [3.8, 4) is 5.75 Å². The van der Waals surface area contributed by atoms with Crippen LogP contribution in [0, 0.1) is 6.92 Å². The molecule has 2 rings (SSSR count). The Kier molecular flexibility index (Phi) is 2.80. The van der Waals surface area contributed by atoms with Crippen molar-refractivity contribution in [3.63, 3.8) is 0 Å². The maximum absolute atomic E-state index is 12.3. The van der Waals surface area contributed by atoms with Gasteiger partial charge in [-0.15, -0.1) is 0 Å². The van der Waals surface area contributed by atoms with E-state index in [1.54, 1.807) is 0 Å². The van der Waals surface area contributed by atoms with Crippen LogP contribution >= 0.6 is 0 Å². The van der Waals surface area contributed by atoms with Crippen LogP contribution in [0.5, 0.6) is 5.75 Å². The van der Waals surface area contributed by atoms with Gasteiger partial charge in [0, 0.05) is 5.56 Å². The fourth-order valence-electron chi connectivity index (χ4n) is 2.44. The molecular formula is C16H22O2. The van der Waals surface area contributed by atoms with E-state index in [4.69, 9.17) is 4.74 Å². The average molecular weight is 246 g/mol. The monoisotopic (exact) mass is 246 g/mol. The molecule has 0 N–H and O–H groups in total. The van der Waals surface area contributed by atoms with Crippen molar-refractivity contribution >= 4 is 5.78 Å². The third-order valence-electron chi connectivity index (χ3n) is 3.31. The van der Waals surface area contributed by atoms with E-state index >= 15 is 0 Å². The molecule has 1 aromatic carbocycles. The molecule has 0 atom stereocenters. The zero-order valence-corrected chi connectivity index (χ0v) is 12.2. The molecule has 0 saturated heterocycles. The van der Waals surface area contributed by atoms with E-state index in [9.17, 15) is 4.79 Å². The first-order valence-electron chi connectivity index (χ1n) is 6.47. The number of benzene rings is 1. The SMILES string of the molecule is Cc1cc2c(c(C(C)(C)C)c1)OC(C)(C)CC2=O. The minimum Gasteiger partial charge on any atom is -0.486 e. The smallest absolute Gasteiger partial charge is 0.170 e. The number of carbonyl (C=O) groups is 1. The Bertz CT molecular complexity index is 505. The number of hydrogen-bond acceptors (Lipinski definition) is 2. The summed E-state index contributed by atoms with van der Waals surface area (Å²) in [7, 11) is 0. The highest BCUT2D eigenvalue weighted by Gasteiger charge is 2.36. The van der Waals surface area contributed by atoms with Crippen LogP contribution < -0.4 is 4.74 Å². The third-order valence-corrected chi connectivity index (χ3v) is 3.31. The summed E-state index contributed by atoms with van der Waals surface area (Å²) in [5, 5.41) is 0. The number of Topliss-reactive ketones (excluding diaryl/α,β-unsaturated/α-hetero) is 1. The Balaban J connectivity index is 2.69. The average Bonchev–Trinajstić information content (AvgIpc) is 2.15. The molecular weight excluding hydrogens is 224 g/mol. The van der Waals surface area contributed by atoms with Crippen molar-refractivity contribution in [1.29, 1.82) is 0 Å². The lowest BCUT2D eigenvalue weighted by Crippen LogP contribution is -2.37. The van der Waals surface area contributed by atoms with Crippen molar-refractivity contribution in [3.05, 3.63) is 28.8 Å². The Morgan fingerprint density at radius 2 is 1.83 bits per heavy atom. The molecule has 1 aliphatic rings. The van der Waals surface area contributed by atoms with Crippen molar-refractivity contribution in [2.45, 2.75) is 59.0 Å². The number of fused-ring (bicyclic) bond motifs is 1. The molecule has 98 valence electrons. The van der Waals surface area contributed by atoms with Crippen molar-refractivity contribution in [2.24, 2.45) is 0 Å². The van der Waals surface area contributed by atoms with E-state index in [0.717, 1.165) is 22.4 Å². The van der Waals surface area contributed by atoms with E-state index in [1.807, 2.05) is 26.8 Å². The molecule has 0 amide bonds. The molecule has 1 aliphatic heterocycles. The van der Waals surface area contributed by atoms with Gasteiger partial charge in [0.1, 0.15) is 11.4 Å². The first-order chi connectivity index (χ1) is 8.10. The van der Waals surface area contributed by atoms with Gasteiger partial charge in [0.15, 0.2) is 5.78 Å². The normalized spacial score (nSPS) is 18.2. The van der Waals surface area contributed by atoms with E-state index in [2.05, 4.69) is 26.8 Å². The predicted molar refractivity (Wildman–Crippen MR) is 73.5 cm³/mol. The number of ketones is 1. The zero-order valence-electron chi connectivity index (χ0n) is 12.2. The van der Waals surface area contributed by atoms with Crippen molar-refractivity contribution in [1.82, 2.24) is 0 Å². The van der Waals surface area contributed by atoms with Crippen molar-refractivity contribution < 1.29 is 9.53 Å². The van der Waals surface area contributed by atoms with Gasteiger partial charge in [0.05, 0.1) is 12.0 Å². The summed E-state index contributed by atoms with van der Waals surface area (Å²) < 4.78 is 6.08. The molecule has 0 radical (unpaired) electrons. The summed E-state index contributed by atoms with van der Waals surface area (Å²) in [5.41, 5.74) is 2.57. The first kappa shape index (κ1) is 13.1. The highest BCUT2D eigenvalue weighted by Crippen LogP contribution is 2.41. The lowest BCUT2D eigenvalue weighted by atomic mass is 9.81. The Labute approximate surface area is 109 Å². The third kappa shape index (κ3) is 2.29. The molecule has 1 heterocycles. The summed E-state index contributed by atoms with van der Waals surface area (Å²) in [5.74, 6) is 0.977. The van der Waals surface area contributed by atoms with Gasteiger partial charge in [-0.2, -0.15) is 0 Å². The van der Waals surface area contributed by atoms with Crippen LogP contribution in [-0.2, 0) is 5.41 Å². The van der Waals surface area contributed by atoms with Gasteiger partial charge in [-0.25, -0.2) is 0 Å². The van der Waals surface area contributed by atoms with Gasteiger partial charge in [0.2, 0.25) is 0 Å². The summed E-state index contributed by atoms with van der Waals surface area (Å²) >= 11 is 0. The summed E-state index contributed by atoms with van der Waals surface area (Å²) in [4.78, 5) is 12.3. The largest absolute Gasteiger partial charge is 0.486 e. The zero-order chi connectivity index (χ0) is 13.7. The number of hydrogen-bond donors (Lipinski definition) is 0. The Morgan fingerprint density at radius 3 is 2.39 bits per heavy atom. The molecule has 0 bridgehead atoms. The van der Waals surface area contributed by atoms with Crippen LogP contribution in [0.4, 0.5) is 0 Å². The Hall–Kier alpha value is -1.31. The number of aryl methyl sites for hydroxylation is 1. The van der Waals surface area contributed by atoms with Crippen LogP contribution in [-0.4, -0.2) is 11.4 Å².